The number of amides is 1. The molecule has 6 heteroatoms. The summed E-state index contributed by atoms with van der Waals surface area (Å²) in [6, 6.07) is 1.82. The maximum atomic E-state index is 12.4. The minimum Gasteiger partial charge on any atom is -0.349 e. The molecule has 1 aromatic rings. The van der Waals surface area contributed by atoms with Crippen molar-refractivity contribution < 1.29 is 4.79 Å². The van der Waals surface area contributed by atoms with Gasteiger partial charge in [0.15, 0.2) is 0 Å². The first-order valence-corrected chi connectivity index (χ1v) is 7.03. The molecule has 2 heterocycles. The Morgan fingerprint density at radius 2 is 2.15 bits per heavy atom. The van der Waals surface area contributed by atoms with E-state index in [2.05, 4.69) is 25.5 Å². The van der Waals surface area contributed by atoms with Gasteiger partial charge in [-0.1, -0.05) is 0 Å². The Labute approximate surface area is 120 Å². The molecule has 1 aliphatic heterocycles. The number of aromatic nitrogens is 2. The predicted octanol–water partition coefficient (Wildman–Crippen LogP) is 0.0850. The Morgan fingerprint density at radius 3 is 2.80 bits per heavy atom. The lowest BCUT2D eigenvalue weighted by Crippen LogP contribution is -2.59. The topological polar surface area (TPSA) is 70.2 Å². The first-order chi connectivity index (χ1) is 9.50. The fourth-order valence-electron chi connectivity index (χ4n) is 2.36. The summed E-state index contributed by atoms with van der Waals surface area (Å²) in [5.41, 5.74) is 0.339. The number of hydrogen-bond donors (Lipinski definition) is 2. The molecular weight excluding hydrogens is 254 g/mol. The summed E-state index contributed by atoms with van der Waals surface area (Å²) < 4.78 is 0. The van der Waals surface area contributed by atoms with Gasteiger partial charge in [0.1, 0.15) is 5.82 Å². The SMILES string of the molecule is Cc1nccc(CNC(=O)C(C)(C)N2CCNCC2)n1. The average molecular weight is 277 g/mol. The third kappa shape index (κ3) is 3.52. The first-order valence-electron chi connectivity index (χ1n) is 7.03. The number of nitrogens with one attached hydrogen (secondary N) is 2. The quantitative estimate of drug-likeness (QED) is 0.816. The number of aryl methyl sites for hydroxylation is 1. The molecule has 0 unspecified atom stereocenters. The van der Waals surface area contributed by atoms with Gasteiger partial charge in [0, 0.05) is 32.4 Å². The molecule has 0 aromatic carbocycles. The zero-order valence-corrected chi connectivity index (χ0v) is 12.4. The second-order valence-corrected chi connectivity index (χ2v) is 5.57. The molecule has 2 rings (SSSR count). The molecule has 0 radical (unpaired) electrons. The van der Waals surface area contributed by atoms with Crippen LogP contribution < -0.4 is 10.6 Å². The molecule has 0 atom stereocenters. The zero-order valence-electron chi connectivity index (χ0n) is 12.4. The van der Waals surface area contributed by atoms with Gasteiger partial charge in [-0.2, -0.15) is 0 Å². The largest absolute Gasteiger partial charge is 0.349 e. The van der Waals surface area contributed by atoms with Crippen molar-refractivity contribution in [2.24, 2.45) is 0 Å². The van der Waals surface area contributed by atoms with E-state index in [4.69, 9.17) is 0 Å². The summed E-state index contributed by atoms with van der Waals surface area (Å²) in [7, 11) is 0. The number of nitrogens with zero attached hydrogens (tertiary/aromatic N) is 3. The molecule has 1 saturated heterocycles. The van der Waals surface area contributed by atoms with Crippen LogP contribution in [0.3, 0.4) is 0 Å². The molecule has 0 saturated carbocycles. The molecule has 2 N–H and O–H groups in total. The lowest BCUT2D eigenvalue weighted by Gasteiger charge is -2.39. The molecule has 1 fully saturated rings. The molecule has 20 heavy (non-hydrogen) atoms. The van der Waals surface area contributed by atoms with Crippen molar-refractivity contribution in [2.45, 2.75) is 32.9 Å². The molecular formula is C14H23N5O. The normalized spacial score (nSPS) is 16.9. The Balaban J connectivity index is 1.93. The third-order valence-electron chi connectivity index (χ3n) is 3.73. The van der Waals surface area contributed by atoms with Crippen LogP contribution in [0.15, 0.2) is 12.3 Å². The van der Waals surface area contributed by atoms with Crippen LogP contribution in [0.2, 0.25) is 0 Å². The van der Waals surface area contributed by atoms with Crippen LogP contribution in [0, 0.1) is 6.92 Å². The Morgan fingerprint density at radius 1 is 1.45 bits per heavy atom. The smallest absolute Gasteiger partial charge is 0.240 e. The molecule has 1 aromatic heterocycles. The second-order valence-electron chi connectivity index (χ2n) is 5.57. The van der Waals surface area contributed by atoms with Gasteiger partial charge in [-0.3, -0.25) is 9.69 Å². The van der Waals surface area contributed by atoms with Crippen LogP contribution in [0.5, 0.6) is 0 Å². The zero-order chi connectivity index (χ0) is 14.6. The minimum absolute atomic E-state index is 0.0377. The van der Waals surface area contributed by atoms with E-state index >= 15 is 0 Å². The highest BCUT2D eigenvalue weighted by Gasteiger charge is 2.34. The summed E-state index contributed by atoms with van der Waals surface area (Å²) in [4.78, 5) is 23.0. The predicted molar refractivity (Wildman–Crippen MR) is 77.1 cm³/mol. The molecule has 0 bridgehead atoms. The standard InChI is InChI=1S/C14H23N5O/c1-11-16-5-4-12(18-11)10-17-13(20)14(2,3)19-8-6-15-7-9-19/h4-5,15H,6-10H2,1-3H3,(H,17,20). The molecule has 0 aliphatic carbocycles. The number of hydrogen-bond acceptors (Lipinski definition) is 5. The van der Waals surface area contributed by atoms with Gasteiger partial charge >= 0.3 is 0 Å². The van der Waals surface area contributed by atoms with Crippen LogP contribution >= 0.6 is 0 Å². The highest BCUT2D eigenvalue weighted by molar-refractivity contribution is 5.85. The van der Waals surface area contributed by atoms with Crippen molar-refractivity contribution in [3.8, 4) is 0 Å². The van der Waals surface area contributed by atoms with Crippen molar-refractivity contribution in [1.82, 2.24) is 25.5 Å². The number of carbonyl (C=O) groups is 1. The summed E-state index contributed by atoms with van der Waals surface area (Å²) in [5.74, 6) is 0.758. The van der Waals surface area contributed by atoms with Crippen LogP contribution in [0.1, 0.15) is 25.4 Å². The van der Waals surface area contributed by atoms with E-state index in [9.17, 15) is 4.79 Å². The number of piperazine rings is 1. The average Bonchev–Trinajstić information content (AvgIpc) is 2.45. The van der Waals surface area contributed by atoms with Crippen molar-refractivity contribution in [3.05, 3.63) is 23.8 Å². The Kier molecular flexibility index (Phi) is 4.67. The Hall–Kier alpha value is -1.53. The van der Waals surface area contributed by atoms with E-state index in [1.54, 1.807) is 6.20 Å². The van der Waals surface area contributed by atoms with Gasteiger partial charge in [0.05, 0.1) is 17.8 Å². The highest BCUT2D eigenvalue weighted by Crippen LogP contribution is 2.15. The van der Waals surface area contributed by atoms with E-state index in [0.717, 1.165) is 37.7 Å². The van der Waals surface area contributed by atoms with Gasteiger partial charge in [0.25, 0.3) is 0 Å². The molecule has 0 spiro atoms. The van der Waals surface area contributed by atoms with Crippen LogP contribution in [-0.4, -0.2) is 52.5 Å². The highest BCUT2D eigenvalue weighted by atomic mass is 16.2. The second kappa shape index (κ2) is 6.28. The molecule has 110 valence electrons. The third-order valence-corrected chi connectivity index (χ3v) is 3.73. The Bertz CT molecular complexity index is 468. The number of rotatable bonds is 4. The van der Waals surface area contributed by atoms with Crippen molar-refractivity contribution in [2.75, 3.05) is 26.2 Å². The van der Waals surface area contributed by atoms with E-state index in [1.165, 1.54) is 0 Å². The fraction of sp³-hybridized carbons (Fsp3) is 0.643. The first kappa shape index (κ1) is 14.9. The monoisotopic (exact) mass is 277 g/mol. The van der Waals surface area contributed by atoms with Crippen molar-refractivity contribution in [1.29, 1.82) is 0 Å². The van der Waals surface area contributed by atoms with E-state index in [0.29, 0.717) is 6.54 Å². The number of carbonyl (C=O) groups excluding carboxylic acids is 1. The lowest BCUT2D eigenvalue weighted by atomic mass is 10.0. The summed E-state index contributed by atoms with van der Waals surface area (Å²) >= 11 is 0. The van der Waals surface area contributed by atoms with Crippen molar-refractivity contribution in [3.63, 3.8) is 0 Å². The van der Waals surface area contributed by atoms with E-state index in [-0.39, 0.29) is 5.91 Å². The maximum Gasteiger partial charge on any atom is 0.240 e. The molecule has 1 amide bonds. The van der Waals surface area contributed by atoms with Gasteiger partial charge in [-0.25, -0.2) is 9.97 Å². The van der Waals surface area contributed by atoms with Crippen LogP contribution in [-0.2, 0) is 11.3 Å². The van der Waals surface area contributed by atoms with E-state index < -0.39 is 5.54 Å². The summed E-state index contributed by atoms with van der Waals surface area (Å²) in [5, 5.41) is 6.27. The van der Waals surface area contributed by atoms with Gasteiger partial charge in [-0.15, -0.1) is 0 Å². The fourth-order valence-corrected chi connectivity index (χ4v) is 2.36. The maximum absolute atomic E-state index is 12.4. The summed E-state index contributed by atoms with van der Waals surface area (Å²) in [6.07, 6.45) is 1.71. The lowest BCUT2D eigenvalue weighted by molar-refractivity contribution is -0.132. The summed E-state index contributed by atoms with van der Waals surface area (Å²) in [6.45, 7) is 9.88. The van der Waals surface area contributed by atoms with Crippen LogP contribution in [0.4, 0.5) is 0 Å². The van der Waals surface area contributed by atoms with E-state index in [1.807, 2.05) is 26.8 Å². The molecule has 1 aliphatic rings. The van der Waals surface area contributed by atoms with Gasteiger partial charge in [0.2, 0.25) is 5.91 Å². The van der Waals surface area contributed by atoms with Gasteiger partial charge in [-0.05, 0) is 26.8 Å². The molecule has 6 nitrogen and oxygen atoms in total. The minimum atomic E-state index is -0.496. The van der Waals surface area contributed by atoms with Crippen LogP contribution in [0.25, 0.3) is 0 Å². The van der Waals surface area contributed by atoms with Crippen molar-refractivity contribution >= 4 is 5.91 Å². The van der Waals surface area contributed by atoms with Gasteiger partial charge < -0.3 is 10.6 Å².